The predicted molar refractivity (Wildman–Crippen MR) is 97.4 cm³/mol. The molecule has 0 N–H and O–H groups in total. The molecule has 1 amide bonds. The molecule has 4 nitrogen and oxygen atoms in total. The number of amides is 1. The van der Waals surface area contributed by atoms with Gasteiger partial charge >= 0.3 is 0 Å². The molecule has 2 rings (SSSR count). The SMILES string of the molecule is CCCCOc1c(Cl)cc(C(=O)N2CCCCCC2)cc1OCC. The van der Waals surface area contributed by atoms with Gasteiger partial charge in [0.05, 0.1) is 18.2 Å². The zero-order valence-corrected chi connectivity index (χ0v) is 15.5. The number of unbranched alkanes of at least 4 members (excludes halogenated alkanes) is 1. The molecule has 1 aliphatic rings. The van der Waals surface area contributed by atoms with Gasteiger partial charge in [-0.1, -0.05) is 37.8 Å². The maximum Gasteiger partial charge on any atom is 0.254 e. The first kappa shape index (κ1) is 18.9. The minimum atomic E-state index is 0.0276. The molecule has 134 valence electrons. The van der Waals surface area contributed by atoms with Gasteiger partial charge in [-0.3, -0.25) is 4.79 Å². The minimum absolute atomic E-state index is 0.0276. The Morgan fingerprint density at radius 1 is 1.12 bits per heavy atom. The monoisotopic (exact) mass is 353 g/mol. The number of benzene rings is 1. The van der Waals surface area contributed by atoms with E-state index in [4.69, 9.17) is 21.1 Å². The van der Waals surface area contributed by atoms with Crippen LogP contribution in [-0.2, 0) is 0 Å². The lowest BCUT2D eigenvalue weighted by Crippen LogP contribution is -2.31. The third kappa shape index (κ3) is 5.04. The van der Waals surface area contributed by atoms with E-state index in [9.17, 15) is 4.79 Å². The number of rotatable bonds is 7. The molecule has 24 heavy (non-hydrogen) atoms. The normalized spacial score (nSPS) is 15.0. The molecule has 1 saturated heterocycles. The summed E-state index contributed by atoms with van der Waals surface area (Å²) in [6.45, 7) is 6.74. The highest BCUT2D eigenvalue weighted by Gasteiger charge is 2.21. The van der Waals surface area contributed by atoms with Crippen molar-refractivity contribution < 1.29 is 14.3 Å². The van der Waals surface area contributed by atoms with Gasteiger partial charge in [0.1, 0.15) is 0 Å². The van der Waals surface area contributed by atoms with Crippen molar-refractivity contribution in [1.29, 1.82) is 0 Å². The van der Waals surface area contributed by atoms with Gasteiger partial charge in [-0.2, -0.15) is 0 Å². The zero-order chi connectivity index (χ0) is 17.4. The third-order valence-corrected chi connectivity index (χ3v) is 4.47. The van der Waals surface area contributed by atoms with Crippen LogP contribution in [0, 0.1) is 0 Å². The molecule has 0 aliphatic carbocycles. The summed E-state index contributed by atoms with van der Waals surface area (Å²) in [4.78, 5) is 14.7. The number of hydrogen-bond donors (Lipinski definition) is 0. The summed E-state index contributed by atoms with van der Waals surface area (Å²) in [5.74, 6) is 1.12. The Balaban J connectivity index is 2.21. The van der Waals surface area contributed by atoms with Crippen molar-refractivity contribution in [2.45, 2.75) is 52.4 Å². The fraction of sp³-hybridized carbons (Fsp3) is 0.632. The van der Waals surface area contributed by atoms with Crippen LogP contribution in [0.4, 0.5) is 0 Å². The molecule has 1 aromatic carbocycles. The van der Waals surface area contributed by atoms with E-state index in [-0.39, 0.29) is 5.91 Å². The number of carbonyl (C=O) groups is 1. The van der Waals surface area contributed by atoms with Crippen molar-refractivity contribution in [2.75, 3.05) is 26.3 Å². The van der Waals surface area contributed by atoms with E-state index in [1.54, 1.807) is 12.1 Å². The Labute approximate surface area is 150 Å². The topological polar surface area (TPSA) is 38.8 Å². The Morgan fingerprint density at radius 2 is 1.83 bits per heavy atom. The lowest BCUT2D eigenvalue weighted by Gasteiger charge is -2.21. The number of carbonyl (C=O) groups excluding carboxylic acids is 1. The summed E-state index contributed by atoms with van der Waals surface area (Å²) < 4.78 is 11.5. The predicted octanol–water partition coefficient (Wildman–Crippen LogP) is 4.93. The van der Waals surface area contributed by atoms with E-state index >= 15 is 0 Å². The maximum absolute atomic E-state index is 12.8. The molecular weight excluding hydrogens is 326 g/mol. The van der Waals surface area contributed by atoms with Gasteiger partial charge in [0, 0.05) is 18.7 Å². The molecule has 0 radical (unpaired) electrons. The maximum atomic E-state index is 12.8. The molecule has 1 heterocycles. The van der Waals surface area contributed by atoms with Gasteiger partial charge in [-0.05, 0) is 38.3 Å². The van der Waals surface area contributed by atoms with E-state index < -0.39 is 0 Å². The summed E-state index contributed by atoms with van der Waals surface area (Å²) in [6.07, 6.45) is 6.52. The fourth-order valence-corrected chi connectivity index (χ4v) is 3.13. The lowest BCUT2D eigenvalue weighted by atomic mass is 10.1. The van der Waals surface area contributed by atoms with E-state index in [1.807, 2.05) is 11.8 Å². The Hall–Kier alpha value is -1.42. The number of nitrogens with zero attached hydrogens (tertiary/aromatic N) is 1. The Morgan fingerprint density at radius 3 is 2.46 bits per heavy atom. The molecule has 1 fully saturated rings. The molecule has 5 heteroatoms. The van der Waals surface area contributed by atoms with Gasteiger partial charge in [0.15, 0.2) is 11.5 Å². The molecule has 0 unspecified atom stereocenters. The first-order valence-corrected chi connectivity index (χ1v) is 9.43. The van der Waals surface area contributed by atoms with E-state index in [0.717, 1.165) is 38.8 Å². The van der Waals surface area contributed by atoms with Crippen molar-refractivity contribution in [1.82, 2.24) is 4.90 Å². The second-order valence-corrected chi connectivity index (χ2v) is 6.53. The van der Waals surface area contributed by atoms with Gasteiger partial charge < -0.3 is 14.4 Å². The second-order valence-electron chi connectivity index (χ2n) is 6.13. The third-order valence-electron chi connectivity index (χ3n) is 4.19. The number of likely N-dealkylation sites (tertiary alicyclic amines) is 1. The van der Waals surface area contributed by atoms with Crippen LogP contribution in [0.1, 0.15) is 62.7 Å². The van der Waals surface area contributed by atoms with Crippen molar-refractivity contribution >= 4 is 17.5 Å². The smallest absolute Gasteiger partial charge is 0.254 e. The van der Waals surface area contributed by atoms with Crippen LogP contribution in [0.3, 0.4) is 0 Å². The van der Waals surface area contributed by atoms with Crippen LogP contribution in [0.5, 0.6) is 11.5 Å². The molecule has 0 atom stereocenters. The lowest BCUT2D eigenvalue weighted by molar-refractivity contribution is 0.0761. The van der Waals surface area contributed by atoms with E-state index in [0.29, 0.717) is 35.3 Å². The first-order valence-electron chi connectivity index (χ1n) is 9.05. The van der Waals surface area contributed by atoms with Crippen LogP contribution < -0.4 is 9.47 Å². The van der Waals surface area contributed by atoms with Gasteiger partial charge in [0.2, 0.25) is 0 Å². The molecule has 1 aromatic rings. The van der Waals surface area contributed by atoms with Crippen molar-refractivity contribution in [2.24, 2.45) is 0 Å². The molecule has 0 saturated carbocycles. The van der Waals surface area contributed by atoms with E-state index in [2.05, 4.69) is 6.92 Å². The van der Waals surface area contributed by atoms with Crippen LogP contribution in [0.2, 0.25) is 5.02 Å². The van der Waals surface area contributed by atoms with Crippen molar-refractivity contribution in [3.8, 4) is 11.5 Å². The van der Waals surface area contributed by atoms with Gasteiger partial charge in [-0.15, -0.1) is 0 Å². The van der Waals surface area contributed by atoms with Gasteiger partial charge in [-0.25, -0.2) is 0 Å². The molecular formula is C19H28ClNO3. The summed E-state index contributed by atoms with van der Waals surface area (Å²) in [5.41, 5.74) is 0.577. The van der Waals surface area contributed by atoms with Crippen LogP contribution in [0.15, 0.2) is 12.1 Å². The summed E-state index contributed by atoms with van der Waals surface area (Å²) in [5, 5.41) is 0.440. The number of ether oxygens (including phenoxy) is 2. The largest absolute Gasteiger partial charge is 0.490 e. The summed E-state index contributed by atoms with van der Waals surface area (Å²) >= 11 is 6.39. The first-order chi connectivity index (χ1) is 11.7. The Kier molecular flexibility index (Phi) is 7.70. The molecule has 1 aliphatic heterocycles. The Bertz CT molecular complexity index is 540. The van der Waals surface area contributed by atoms with E-state index in [1.165, 1.54) is 12.8 Å². The van der Waals surface area contributed by atoms with Crippen LogP contribution in [0.25, 0.3) is 0 Å². The quantitative estimate of drug-likeness (QED) is 0.652. The molecule has 0 spiro atoms. The highest BCUT2D eigenvalue weighted by atomic mass is 35.5. The van der Waals surface area contributed by atoms with Crippen molar-refractivity contribution in [3.05, 3.63) is 22.7 Å². The zero-order valence-electron chi connectivity index (χ0n) is 14.8. The van der Waals surface area contributed by atoms with Crippen LogP contribution >= 0.6 is 11.6 Å². The molecule has 0 aromatic heterocycles. The summed E-state index contributed by atoms with van der Waals surface area (Å²) in [6, 6.07) is 3.47. The highest BCUT2D eigenvalue weighted by molar-refractivity contribution is 6.32. The van der Waals surface area contributed by atoms with Crippen LogP contribution in [-0.4, -0.2) is 37.1 Å². The average molecular weight is 354 g/mol. The van der Waals surface area contributed by atoms with Gasteiger partial charge in [0.25, 0.3) is 5.91 Å². The molecule has 0 bridgehead atoms. The second kappa shape index (κ2) is 9.77. The summed E-state index contributed by atoms with van der Waals surface area (Å²) in [7, 11) is 0. The minimum Gasteiger partial charge on any atom is -0.490 e. The number of halogens is 1. The standard InChI is InChI=1S/C19H28ClNO3/c1-3-5-12-24-18-16(20)13-15(14-17(18)23-4-2)19(22)21-10-8-6-7-9-11-21/h13-14H,3-12H2,1-2H3. The van der Waals surface area contributed by atoms with Crippen molar-refractivity contribution in [3.63, 3.8) is 0 Å². The fourth-order valence-electron chi connectivity index (χ4n) is 2.87. The number of hydrogen-bond acceptors (Lipinski definition) is 3. The average Bonchev–Trinajstić information content (AvgIpc) is 2.86. The highest BCUT2D eigenvalue weighted by Crippen LogP contribution is 2.37.